The van der Waals surface area contributed by atoms with E-state index in [1.807, 2.05) is 0 Å². The zero-order chi connectivity index (χ0) is 14.5. The van der Waals surface area contributed by atoms with Crippen molar-refractivity contribution in [2.45, 2.75) is 4.90 Å². The van der Waals surface area contributed by atoms with Gasteiger partial charge in [0.25, 0.3) is 0 Å². The maximum absolute atomic E-state index is 13.2. The Kier molecular flexibility index (Phi) is 6.31. The minimum atomic E-state index is -3.70. The largest absolute Gasteiger partial charge is 0.396 e. The van der Waals surface area contributed by atoms with Crippen LogP contribution in [0, 0.1) is 5.82 Å². The smallest absolute Gasteiger partial charge is 0.241 e. The first-order valence-corrected chi connectivity index (χ1v) is 8.74. The molecule has 0 heterocycles. The van der Waals surface area contributed by atoms with E-state index in [4.69, 9.17) is 5.73 Å². The molecule has 1 aromatic carbocycles. The predicted molar refractivity (Wildman–Crippen MR) is 81.2 cm³/mol. The third kappa shape index (κ3) is 4.79. The van der Waals surface area contributed by atoms with Gasteiger partial charge in [0.05, 0.1) is 10.6 Å². The van der Waals surface area contributed by atoms with Crippen molar-refractivity contribution in [2.24, 2.45) is 0 Å². The quantitative estimate of drug-likeness (QED) is 0.440. The summed E-state index contributed by atoms with van der Waals surface area (Å²) < 4.78 is 39.7. The number of sulfonamides is 1. The van der Waals surface area contributed by atoms with Crippen LogP contribution in [0.5, 0.6) is 0 Å². The highest BCUT2D eigenvalue weighted by molar-refractivity contribution is 9.10. The van der Waals surface area contributed by atoms with Crippen LogP contribution in [-0.4, -0.2) is 26.5 Å². The molecule has 0 saturated heterocycles. The molecule has 0 saturated carbocycles. The van der Waals surface area contributed by atoms with Gasteiger partial charge in [-0.2, -0.15) is 11.8 Å². The lowest BCUT2D eigenvalue weighted by Crippen LogP contribution is -2.26. The molecule has 106 valence electrons. The minimum absolute atomic E-state index is 0.0693. The second kappa shape index (κ2) is 7.28. The molecule has 0 spiro atoms. The van der Waals surface area contributed by atoms with E-state index in [2.05, 4.69) is 27.2 Å². The van der Waals surface area contributed by atoms with Gasteiger partial charge in [-0.15, -0.1) is 6.58 Å². The Morgan fingerprint density at radius 2 is 2.21 bits per heavy atom. The molecule has 8 heteroatoms. The van der Waals surface area contributed by atoms with Crippen LogP contribution < -0.4 is 10.5 Å². The summed E-state index contributed by atoms with van der Waals surface area (Å²) in [6.45, 7) is 3.85. The fraction of sp³-hybridized carbons (Fsp3) is 0.273. The number of anilines is 1. The van der Waals surface area contributed by atoms with E-state index in [-0.39, 0.29) is 21.6 Å². The van der Waals surface area contributed by atoms with E-state index in [1.165, 1.54) is 0 Å². The topological polar surface area (TPSA) is 72.2 Å². The summed E-state index contributed by atoms with van der Waals surface area (Å²) in [4.78, 5) is -0.0693. The fourth-order valence-electron chi connectivity index (χ4n) is 1.24. The number of benzene rings is 1. The summed E-state index contributed by atoms with van der Waals surface area (Å²) in [5.41, 5.74) is 5.17. The third-order valence-electron chi connectivity index (χ3n) is 2.11. The molecule has 19 heavy (non-hydrogen) atoms. The summed E-state index contributed by atoms with van der Waals surface area (Å²) in [6.07, 6.45) is 1.75. The van der Waals surface area contributed by atoms with E-state index in [0.717, 1.165) is 17.9 Å². The lowest BCUT2D eigenvalue weighted by atomic mass is 10.3. The number of nitrogen functional groups attached to an aromatic ring is 1. The number of thioether (sulfide) groups is 1. The molecule has 0 fully saturated rings. The number of rotatable bonds is 7. The molecule has 0 atom stereocenters. The summed E-state index contributed by atoms with van der Waals surface area (Å²) >= 11 is 4.58. The van der Waals surface area contributed by atoms with Gasteiger partial charge in [-0.1, -0.05) is 6.08 Å². The normalized spacial score (nSPS) is 11.5. The molecule has 0 radical (unpaired) electrons. The molecule has 0 aliphatic carbocycles. The van der Waals surface area contributed by atoms with Crippen molar-refractivity contribution in [3.8, 4) is 0 Å². The van der Waals surface area contributed by atoms with Gasteiger partial charge in [0.1, 0.15) is 5.82 Å². The number of nitrogens with two attached hydrogens (primary N) is 1. The maximum atomic E-state index is 13.2. The third-order valence-corrected chi connectivity index (χ3v) is 5.50. The standard InChI is InChI=1S/C11H14BrFN2O2S2/c1-2-4-18-5-3-15-19(16,17)11-7-10(14)9(13)6-8(11)12/h2,6-7,15H,1,3-5,14H2. The van der Waals surface area contributed by atoms with Gasteiger partial charge < -0.3 is 5.73 Å². The SMILES string of the molecule is C=CCSCCNS(=O)(=O)c1cc(N)c(F)cc1Br. The summed E-state index contributed by atoms with van der Waals surface area (Å²) in [5.74, 6) is 0.724. The number of nitrogens with one attached hydrogen (secondary N) is 1. The molecule has 0 aliphatic heterocycles. The first kappa shape index (κ1) is 16.5. The Labute approximate surface area is 124 Å². The molecule has 1 aromatic rings. The van der Waals surface area contributed by atoms with E-state index >= 15 is 0 Å². The first-order chi connectivity index (χ1) is 8.88. The van der Waals surface area contributed by atoms with Crippen LogP contribution in [0.3, 0.4) is 0 Å². The number of hydrogen-bond acceptors (Lipinski definition) is 4. The Balaban J connectivity index is 2.77. The molecule has 0 aliphatic rings. The van der Waals surface area contributed by atoms with Crippen molar-refractivity contribution in [3.05, 3.63) is 35.1 Å². The van der Waals surface area contributed by atoms with Gasteiger partial charge in [-0.05, 0) is 28.1 Å². The average Bonchev–Trinajstić information content (AvgIpc) is 2.33. The van der Waals surface area contributed by atoms with Crippen molar-refractivity contribution in [3.63, 3.8) is 0 Å². The molecule has 0 bridgehead atoms. The Hall–Kier alpha value is -0.570. The van der Waals surface area contributed by atoms with Crippen LogP contribution >= 0.6 is 27.7 Å². The van der Waals surface area contributed by atoms with Crippen molar-refractivity contribution >= 4 is 43.4 Å². The lowest BCUT2D eigenvalue weighted by molar-refractivity contribution is 0.582. The second-order valence-electron chi connectivity index (χ2n) is 3.57. The zero-order valence-corrected chi connectivity index (χ0v) is 13.2. The van der Waals surface area contributed by atoms with Crippen LogP contribution in [0.15, 0.2) is 34.2 Å². The molecule has 0 unspecified atom stereocenters. The molecular formula is C11H14BrFN2O2S2. The molecule has 0 amide bonds. The van der Waals surface area contributed by atoms with Crippen molar-refractivity contribution in [1.82, 2.24) is 4.72 Å². The summed E-state index contributed by atoms with van der Waals surface area (Å²) in [6, 6.07) is 2.13. The van der Waals surface area contributed by atoms with Gasteiger partial charge in [0, 0.05) is 22.5 Å². The molecule has 4 nitrogen and oxygen atoms in total. The fourth-order valence-corrected chi connectivity index (χ4v) is 4.03. The van der Waals surface area contributed by atoms with Crippen LogP contribution in [0.4, 0.5) is 10.1 Å². The lowest BCUT2D eigenvalue weighted by Gasteiger charge is -2.09. The Morgan fingerprint density at radius 3 is 2.84 bits per heavy atom. The highest BCUT2D eigenvalue weighted by Crippen LogP contribution is 2.26. The highest BCUT2D eigenvalue weighted by atomic mass is 79.9. The molecule has 1 rings (SSSR count). The summed E-state index contributed by atoms with van der Waals surface area (Å²) in [5, 5.41) is 0. The van der Waals surface area contributed by atoms with Gasteiger partial charge in [0.2, 0.25) is 10.0 Å². The van der Waals surface area contributed by atoms with E-state index < -0.39 is 15.8 Å². The van der Waals surface area contributed by atoms with Crippen molar-refractivity contribution in [2.75, 3.05) is 23.8 Å². The molecule has 0 aromatic heterocycles. The van der Waals surface area contributed by atoms with Gasteiger partial charge in [-0.3, -0.25) is 0 Å². The van der Waals surface area contributed by atoms with E-state index in [0.29, 0.717) is 5.75 Å². The van der Waals surface area contributed by atoms with Crippen molar-refractivity contribution < 1.29 is 12.8 Å². The van der Waals surface area contributed by atoms with Crippen LogP contribution in [0.25, 0.3) is 0 Å². The zero-order valence-electron chi connectivity index (χ0n) is 10.0. The average molecular weight is 369 g/mol. The number of halogens is 2. The molecule has 3 N–H and O–H groups in total. The second-order valence-corrected chi connectivity index (χ2v) is 7.31. The summed E-state index contributed by atoms with van der Waals surface area (Å²) in [7, 11) is -3.70. The highest BCUT2D eigenvalue weighted by Gasteiger charge is 2.19. The molecular weight excluding hydrogens is 355 g/mol. The van der Waals surface area contributed by atoms with Crippen LogP contribution in [-0.2, 0) is 10.0 Å². The van der Waals surface area contributed by atoms with Gasteiger partial charge in [-0.25, -0.2) is 17.5 Å². The van der Waals surface area contributed by atoms with Gasteiger partial charge in [0.15, 0.2) is 0 Å². The Bertz CT molecular complexity index is 564. The van der Waals surface area contributed by atoms with Crippen LogP contribution in [0.1, 0.15) is 0 Å². The maximum Gasteiger partial charge on any atom is 0.241 e. The Morgan fingerprint density at radius 1 is 1.53 bits per heavy atom. The van der Waals surface area contributed by atoms with E-state index in [9.17, 15) is 12.8 Å². The first-order valence-electron chi connectivity index (χ1n) is 5.31. The predicted octanol–water partition coefficient (Wildman–Crippen LogP) is 2.37. The van der Waals surface area contributed by atoms with E-state index in [1.54, 1.807) is 17.8 Å². The van der Waals surface area contributed by atoms with Gasteiger partial charge >= 0.3 is 0 Å². The van der Waals surface area contributed by atoms with Crippen molar-refractivity contribution in [1.29, 1.82) is 0 Å². The van der Waals surface area contributed by atoms with Crippen LogP contribution in [0.2, 0.25) is 0 Å². The number of hydrogen-bond donors (Lipinski definition) is 2. The minimum Gasteiger partial charge on any atom is -0.396 e. The monoisotopic (exact) mass is 368 g/mol.